The van der Waals surface area contributed by atoms with Crippen LogP contribution in [0.15, 0.2) is 61.4 Å². The molecule has 9 heteroatoms. The van der Waals surface area contributed by atoms with Crippen molar-refractivity contribution in [2.45, 2.75) is 104 Å². The highest BCUT2D eigenvalue weighted by atomic mass is 16.4. The van der Waals surface area contributed by atoms with E-state index in [2.05, 4.69) is 41.7 Å². The summed E-state index contributed by atoms with van der Waals surface area (Å²) in [4.78, 5) is 33.6. The number of carbonyl (C=O) groups is 2. The van der Waals surface area contributed by atoms with E-state index in [1.807, 2.05) is 47.8 Å². The van der Waals surface area contributed by atoms with Gasteiger partial charge in [0.2, 0.25) is 0 Å². The van der Waals surface area contributed by atoms with Crippen molar-refractivity contribution in [3.8, 4) is 11.1 Å². The van der Waals surface area contributed by atoms with Gasteiger partial charge in [0.15, 0.2) is 0 Å². The van der Waals surface area contributed by atoms with Crippen molar-refractivity contribution in [1.29, 1.82) is 0 Å². The number of aromatic carboxylic acids is 2. The van der Waals surface area contributed by atoms with Crippen molar-refractivity contribution in [3.63, 3.8) is 0 Å². The second-order valence-electron chi connectivity index (χ2n) is 11.6. The van der Waals surface area contributed by atoms with Gasteiger partial charge in [0.1, 0.15) is 0 Å². The lowest BCUT2D eigenvalue weighted by atomic mass is 9.97. The highest BCUT2D eigenvalue weighted by Gasteiger charge is 2.21. The topological polar surface area (TPSA) is 118 Å². The van der Waals surface area contributed by atoms with Crippen LogP contribution in [0.2, 0.25) is 0 Å². The Labute approximate surface area is 274 Å². The summed E-state index contributed by atoms with van der Waals surface area (Å²) in [5.74, 6) is -2.53. The third-order valence-electron chi connectivity index (χ3n) is 7.83. The van der Waals surface area contributed by atoms with Crippen molar-refractivity contribution < 1.29 is 19.8 Å². The van der Waals surface area contributed by atoms with Gasteiger partial charge in [0, 0.05) is 55.7 Å². The van der Waals surface area contributed by atoms with Crippen LogP contribution in [0, 0.1) is 13.5 Å². The maximum absolute atomic E-state index is 11.6. The molecule has 0 bridgehead atoms. The predicted molar refractivity (Wildman–Crippen MR) is 184 cm³/mol. The predicted octanol–water partition coefficient (Wildman–Crippen LogP) is 9.37. The lowest BCUT2D eigenvalue weighted by Gasteiger charge is -2.12. The van der Waals surface area contributed by atoms with E-state index in [9.17, 15) is 19.8 Å². The van der Waals surface area contributed by atoms with E-state index in [1.54, 1.807) is 18.6 Å². The molecule has 0 aliphatic carbocycles. The van der Waals surface area contributed by atoms with E-state index in [1.165, 1.54) is 68.3 Å². The van der Waals surface area contributed by atoms with Crippen LogP contribution in [-0.2, 0) is 19.9 Å². The Hall–Kier alpha value is -4.58. The molecule has 3 aromatic heterocycles. The fourth-order valence-electron chi connectivity index (χ4n) is 5.19. The first kappa shape index (κ1) is 37.6. The Morgan fingerprint density at radius 2 is 1.59 bits per heavy atom. The molecule has 1 unspecified atom stereocenters. The second kappa shape index (κ2) is 20.5. The van der Waals surface area contributed by atoms with Gasteiger partial charge in [-0.15, -0.1) is 0 Å². The molecule has 1 aromatic carbocycles. The molecule has 0 spiro atoms. The molecule has 0 aliphatic rings. The Morgan fingerprint density at radius 1 is 0.935 bits per heavy atom. The fraction of sp³-hybridized carbons (Fsp3) is 0.459. The minimum Gasteiger partial charge on any atom is -0.478 e. The largest absolute Gasteiger partial charge is 0.478 e. The molecule has 0 saturated carbocycles. The van der Waals surface area contributed by atoms with Gasteiger partial charge in [0.05, 0.1) is 17.5 Å². The van der Waals surface area contributed by atoms with Gasteiger partial charge in [0.25, 0.3) is 6.17 Å². The number of nitrogens with zero attached hydrogens (tertiary/aromatic N) is 4. The molecule has 0 aliphatic heterocycles. The van der Waals surface area contributed by atoms with Crippen LogP contribution in [-0.4, -0.2) is 41.3 Å². The number of aromatic amines is 1. The third kappa shape index (κ3) is 12.4. The molecular formula is C37H51N5O4. The van der Waals surface area contributed by atoms with Gasteiger partial charge in [-0.3, -0.25) is 9.41 Å². The Morgan fingerprint density at radius 3 is 2.04 bits per heavy atom. The number of aromatic nitrogens is 4. The van der Waals surface area contributed by atoms with Gasteiger partial charge in [-0.05, 0) is 61.6 Å². The number of hydrogen-bond acceptors (Lipinski definition) is 3. The molecule has 46 heavy (non-hydrogen) atoms. The van der Waals surface area contributed by atoms with Gasteiger partial charge >= 0.3 is 11.9 Å². The Balaban J connectivity index is 0.000000426. The standard InChI is InChI=1S/C26H34N2O4.C7H11N.C4H6N2/c1-4-5-6-7-8-9-10-11-12-13-24-21(16-17-28(24)19(2)27-3)20-14-15-22(25(29)30)23(18-20)26(31)32;1-3-7-4-6(2)5-8-7;1-6-3-2-5-4-6/h14-19H,4-13H2,1-2H3,(H,29,30)(H,31,32);4-5,8H,3H2,1-2H3;2-4H,1H3. The monoisotopic (exact) mass is 629 g/mol. The van der Waals surface area contributed by atoms with Crippen molar-refractivity contribution in [2.75, 3.05) is 0 Å². The smallest absolute Gasteiger partial charge is 0.336 e. The highest BCUT2D eigenvalue weighted by Crippen LogP contribution is 2.31. The molecule has 0 radical (unpaired) electrons. The van der Waals surface area contributed by atoms with Crippen LogP contribution in [0.3, 0.4) is 0 Å². The molecule has 0 saturated heterocycles. The van der Waals surface area contributed by atoms with Crippen LogP contribution in [0.5, 0.6) is 0 Å². The third-order valence-corrected chi connectivity index (χ3v) is 7.83. The first-order chi connectivity index (χ1) is 22.1. The average Bonchev–Trinajstić information content (AvgIpc) is 3.81. The molecule has 0 fully saturated rings. The minimum absolute atomic E-state index is 0.226. The van der Waals surface area contributed by atoms with Gasteiger partial charge in [-0.1, -0.05) is 71.3 Å². The maximum atomic E-state index is 11.6. The fourth-order valence-corrected chi connectivity index (χ4v) is 5.19. The number of benzene rings is 1. The van der Waals surface area contributed by atoms with Crippen LogP contribution >= 0.6 is 0 Å². The normalized spacial score (nSPS) is 11.0. The lowest BCUT2D eigenvalue weighted by molar-refractivity contribution is 0.0651. The molecule has 4 aromatic rings. The SMILES string of the molecule is CCc1cc(C)c[nH]1.Cn1ccnc1.[C-]#[N+]C(C)n1ccc(-c2ccc(C(=O)O)c(C(=O)O)c2)c1CCCCCCCCCCC. The summed E-state index contributed by atoms with van der Waals surface area (Å²) in [6.45, 7) is 15.7. The van der Waals surface area contributed by atoms with Gasteiger partial charge in [-0.25, -0.2) is 21.1 Å². The summed E-state index contributed by atoms with van der Waals surface area (Å²) in [5.41, 5.74) is 4.71. The number of rotatable bonds is 15. The van der Waals surface area contributed by atoms with Crippen molar-refractivity contribution in [1.82, 2.24) is 19.1 Å². The van der Waals surface area contributed by atoms with Crippen molar-refractivity contribution >= 4 is 11.9 Å². The minimum atomic E-state index is -1.27. The molecule has 248 valence electrons. The number of H-pyrrole nitrogens is 1. The number of aryl methyl sites for hydroxylation is 3. The summed E-state index contributed by atoms with van der Waals surface area (Å²) < 4.78 is 3.83. The average molecular weight is 630 g/mol. The summed E-state index contributed by atoms with van der Waals surface area (Å²) in [6.07, 6.45) is 21.9. The molecule has 0 amide bonds. The van der Waals surface area contributed by atoms with E-state index >= 15 is 0 Å². The van der Waals surface area contributed by atoms with Crippen LogP contribution in [0.25, 0.3) is 16.0 Å². The summed E-state index contributed by atoms with van der Waals surface area (Å²) in [6, 6.07) is 8.48. The number of unbranched alkanes of at least 4 members (excludes halogenated alkanes) is 8. The van der Waals surface area contributed by atoms with Crippen LogP contribution < -0.4 is 0 Å². The molecule has 9 nitrogen and oxygen atoms in total. The number of nitrogens with one attached hydrogen (secondary N) is 1. The Kier molecular flexibility index (Phi) is 16.7. The Bertz CT molecular complexity index is 1510. The zero-order valence-corrected chi connectivity index (χ0v) is 28.1. The zero-order chi connectivity index (χ0) is 33.9. The zero-order valence-electron chi connectivity index (χ0n) is 28.1. The molecular weight excluding hydrogens is 578 g/mol. The summed E-state index contributed by atoms with van der Waals surface area (Å²) in [7, 11) is 1.94. The highest BCUT2D eigenvalue weighted by molar-refractivity contribution is 6.02. The van der Waals surface area contributed by atoms with Crippen molar-refractivity contribution in [3.05, 3.63) is 101 Å². The molecule has 3 heterocycles. The number of carboxylic acids is 2. The first-order valence-corrected chi connectivity index (χ1v) is 16.4. The van der Waals surface area contributed by atoms with Gasteiger partial charge < -0.3 is 19.8 Å². The molecule has 4 rings (SSSR count). The van der Waals surface area contributed by atoms with Crippen LogP contribution in [0.1, 0.15) is 122 Å². The van der Waals surface area contributed by atoms with E-state index in [-0.39, 0.29) is 17.3 Å². The second-order valence-corrected chi connectivity index (χ2v) is 11.6. The summed E-state index contributed by atoms with van der Waals surface area (Å²) in [5, 5.41) is 18.8. The van der Waals surface area contributed by atoms with E-state index in [0.717, 1.165) is 36.9 Å². The number of carboxylic acid groups (broad SMARTS) is 2. The van der Waals surface area contributed by atoms with E-state index < -0.39 is 11.9 Å². The first-order valence-electron chi connectivity index (χ1n) is 16.4. The quantitative estimate of drug-likeness (QED) is 0.0894. The van der Waals surface area contributed by atoms with Crippen LogP contribution in [0.4, 0.5) is 0 Å². The van der Waals surface area contributed by atoms with E-state index in [0.29, 0.717) is 5.56 Å². The molecule has 1 atom stereocenters. The maximum Gasteiger partial charge on any atom is 0.336 e. The van der Waals surface area contributed by atoms with E-state index in [4.69, 9.17) is 6.57 Å². The van der Waals surface area contributed by atoms with Gasteiger partial charge in [-0.2, -0.15) is 0 Å². The summed E-state index contributed by atoms with van der Waals surface area (Å²) >= 11 is 0. The number of imidazole rings is 1. The lowest BCUT2D eigenvalue weighted by Crippen LogP contribution is -2.08. The number of hydrogen-bond donors (Lipinski definition) is 3. The molecule has 3 N–H and O–H groups in total. The van der Waals surface area contributed by atoms with Crippen molar-refractivity contribution in [2.24, 2.45) is 7.05 Å².